The van der Waals surface area contributed by atoms with E-state index in [2.05, 4.69) is 13.8 Å². The van der Waals surface area contributed by atoms with Crippen LogP contribution >= 0.6 is 0 Å². The van der Waals surface area contributed by atoms with Gasteiger partial charge in [0.15, 0.2) is 0 Å². The highest BCUT2D eigenvalue weighted by molar-refractivity contribution is 5.69. The molecule has 94 valence electrons. The molecule has 1 aliphatic rings. The molecule has 16 heavy (non-hydrogen) atoms. The highest BCUT2D eigenvalue weighted by atomic mass is 16.6. The third kappa shape index (κ3) is 3.21. The van der Waals surface area contributed by atoms with Gasteiger partial charge in [-0.05, 0) is 44.9 Å². The molecule has 0 heterocycles. The van der Waals surface area contributed by atoms with Crippen molar-refractivity contribution in [2.45, 2.75) is 65.5 Å². The number of rotatable bonds is 3. The van der Waals surface area contributed by atoms with Crippen LogP contribution in [-0.2, 0) is 9.53 Å². The zero-order valence-corrected chi connectivity index (χ0v) is 11.2. The van der Waals surface area contributed by atoms with Gasteiger partial charge in [0.2, 0.25) is 0 Å². The van der Waals surface area contributed by atoms with Crippen LogP contribution in [0.3, 0.4) is 0 Å². The summed E-state index contributed by atoms with van der Waals surface area (Å²) in [6.07, 6.45) is 2.45. The van der Waals surface area contributed by atoms with E-state index >= 15 is 0 Å². The maximum Gasteiger partial charge on any atom is 0.306 e. The lowest BCUT2D eigenvalue weighted by Crippen LogP contribution is -2.54. The first-order chi connectivity index (χ1) is 7.13. The van der Waals surface area contributed by atoms with Crippen LogP contribution in [0.4, 0.5) is 0 Å². The summed E-state index contributed by atoms with van der Waals surface area (Å²) in [6.45, 7) is 10.1. The van der Waals surface area contributed by atoms with E-state index < -0.39 is 0 Å². The minimum Gasteiger partial charge on any atom is -0.460 e. The SMILES string of the molecule is CC(C)(C)OC(=O)CC[C@@H]1C[C@H](N)C1(C)C. The van der Waals surface area contributed by atoms with Crippen molar-refractivity contribution >= 4 is 5.97 Å². The van der Waals surface area contributed by atoms with Gasteiger partial charge in [0, 0.05) is 12.5 Å². The maximum atomic E-state index is 11.5. The lowest BCUT2D eigenvalue weighted by molar-refractivity contribution is -0.155. The van der Waals surface area contributed by atoms with Crippen LogP contribution in [-0.4, -0.2) is 17.6 Å². The predicted molar refractivity (Wildman–Crippen MR) is 64.9 cm³/mol. The van der Waals surface area contributed by atoms with Crippen molar-refractivity contribution in [2.24, 2.45) is 17.1 Å². The Labute approximate surface area is 98.7 Å². The average molecular weight is 227 g/mol. The van der Waals surface area contributed by atoms with Gasteiger partial charge in [-0.1, -0.05) is 13.8 Å². The van der Waals surface area contributed by atoms with Gasteiger partial charge in [-0.3, -0.25) is 4.79 Å². The second-order valence-electron chi connectivity index (χ2n) is 6.49. The van der Waals surface area contributed by atoms with Gasteiger partial charge >= 0.3 is 5.97 Å². The molecule has 0 radical (unpaired) electrons. The summed E-state index contributed by atoms with van der Waals surface area (Å²) in [5.41, 5.74) is 5.75. The Hall–Kier alpha value is -0.570. The lowest BCUT2D eigenvalue weighted by atomic mass is 9.57. The smallest absolute Gasteiger partial charge is 0.306 e. The standard InChI is InChI=1S/C13H25NO2/c1-12(2,3)16-11(15)7-6-9-8-10(14)13(9,4)5/h9-10H,6-8,14H2,1-5H3/t9-,10+/m1/s1. The molecule has 1 rings (SSSR count). The number of carbonyl (C=O) groups excluding carboxylic acids is 1. The predicted octanol–water partition coefficient (Wildman–Crippen LogP) is 2.48. The fraction of sp³-hybridized carbons (Fsp3) is 0.923. The van der Waals surface area contributed by atoms with Crippen molar-refractivity contribution in [1.29, 1.82) is 0 Å². The van der Waals surface area contributed by atoms with E-state index in [-0.39, 0.29) is 23.0 Å². The molecule has 0 aromatic rings. The van der Waals surface area contributed by atoms with Crippen molar-refractivity contribution in [2.75, 3.05) is 0 Å². The summed E-state index contributed by atoms with van der Waals surface area (Å²) < 4.78 is 5.28. The topological polar surface area (TPSA) is 52.3 Å². The van der Waals surface area contributed by atoms with E-state index in [0.29, 0.717) is 12.3 Å². The van der Waals surface area contributed by atoms with Crippen LogP contribution in [0, 0.1) is 11.3 Å². The van der Waals surface area contributed by atoms with Crippen molar-refractivity contribution in [3.8, 4) is 0 Å². The largest absolute Gasteiger partial charge is 0.460 e. The van der Waals surface area contributed by atoms with Crippen molar-refractivity contribution in [1.82, 2.24) is 0 Å². The monoisotopic (exact) mass is 227 g/mol. The van der Waals surface area contributed by atoms with Gasteiger partial charge in [0.25, 0.3) is 0 Å². The van der Waals surface area contributed by atoms with E-state index in [1.807, 2.05) is 20.8 Å². The summed E-state index contributed by atoms with van der Waals surface area (Å²) in [6, 6.07) is 0.288. The molecule has 1 fully saturated rings. The van der Waals surface area contributed by atoms with Gasteiger partial charge < -0.3 is 10.5 Å². The summed E-state index contributed by atoms with van der Waals surface area (Å²) in [5.74, 6) is 0.471. The molecule has 3 nitrogen and oxygen atoms in total. The number of nitrogens with two attached hydrogens (primary N) is 1. The fourth-order valence-corrected chi connectivity index (χ4v) is 2.23. The fourth-order valence-electron chi connectivity index (χ4n) is 2.23. The minimum absolute atomic E-state index is 0.0937. The van der Waals surface area contributed by atoms with Crippen molar-refractivity contribution < 1.29 is 9.53 Å². The van der Waals surface area contributed by atoms with Crippen LogP contribution in [0.2, 0.25) is 0 Å². The Bertz CT molecular complexity index is 266. The van der Waals surface area contributed by atoms with Gasteiger partial charge in [-0.15, -0.1) is 0 Å². The molecule has 0 aliphatic heterocycles. The second kappa shape index (κ2) is 4.36. The normalized spacial score (nSPS) is 28.4. The molecule has 2 N–H and O–H groups in total. The molecule has 0 amide bonds. The average Bonchev–Trinajstić information content (AvgIpc) is 2.09. The number of carbonyl (C=O) groups is 1. The molecule has 0 aromatic heterocycles. The molecule has 1 saturated carbocycles. The molecule has 1 aliphatic carbocycles. The van der Waals surface area contributed by atoms with Crippen LogP contribution in [0.5, 0.6) is 0 Å². The van der Waals surface area contributed by atoms with E-state index in [4.69, 9.17) is 10.5 Å². The Balaban J connectivity index is 2.29. The molecule has 0 unspecified atom stereocenters. The van der Waals surface area contributed by atoms with Crippen LogP contribution < -0.4 is 5.73 Å². The first kappa shape index (κ1) is 13.5. The van der Waals surface area contributed by atoms with E-state index in [1.54, 1.807) is 0 Å². The molecular formula is C13H25NO2. The van der Waals surface area contributed by atoms with Gasteiger partial charge in [0.1, 0.15) is 5.60 Å². The molecule has 0 aromatic carbocycles. The number of hydrogen-bond acceptors (Lipinski definition) is 3. The van der Waals surface area contributed by atoms with E-state index in [1.165, 1.54) is 0 Å². The summed E-state index contributed by atoms with van der Waals surface area (Å²) >= 11 is 0. The van der Waals surface area contributed by atoms with Crippen molar-refractivity contribution in [3.63, 3.8) is 0 Å². The summed E-state index contributed by atoms with van der Waals surface area (Å²) in [4.78, 5) is 11.5. The molecule has 0 saturated heterocycles. The maximum absolute atomic E-state index is 11.5. The van der Waals surface area contributed by atoms with Gasteiger partial charge in [-0.2, -0.15) is 0 Å². The van der Waals surface area contributed by atoms with E-state index in [0.717, 1.165) is 12.8 Å². The van der Waals surface area contributed by atoms with Crippen LogP contribution in [0.1, 0.15) is 53.9 Å². The molecular weight excluding hydrogens is 202 g/mol. The lowest BCUT2D eigenvalue weighted by Gasteiger charge is -2.50. The summed E-state index contributed by atoms with van der Waals surface area (Å²) in [5, 5.41) is 0. The van der Waals surface area contributed by atoms with Gasteiger partial charge in [0.05, 0.1) is 0 Å². The highest BCUT2D eigenvalue weighted by Crippen LogP contribution is 2.47. The summed E-state index contributed by atoms with van der Waals surface area (Å²) in [7, 11) is 0. The number of ether oxygens (including phenoxy) is 1. The molecule has 3 heteroatoms. The molecule has 2 atom stereocenters. The first-order valence-electron chi connectivity index (χ1n) is 6.10. The Kier molecular flexibility index (Phi) is 3.68. The number of esters is 1. The van der Waals surface area contributed by atoms with Gasteiger partial charge in [-0.25, -0.2) is 0 Å². The third-order valence-electron chi connectivity index (χ3n) is 3.66. The zero-order valence-electron chi connectivity index (χ0n) is 11.2. The molecule has 0 spiro atoms. The second-order valence-corrected chi connectivity index (χ2v) is 6.49. The Morgan fingerprint density at radius 1 is 1.44 bits per heavy atom. The molecule has 0 bridgehead atoms. The Morgan fingerprint density at radius 2 is 2.00 bits per heavy atom. The zero-order chi connectivity index (χ0) is 12.6. The Morgan fingerprint density at radius 3 is 2.38 bits per heavy atom. The van der Waals surface area contributed by atoms with Crippen LogP contribution in [0.25, 0.3) is 0 Å². The van der Waals surface area contributed by atoms with Crippen LogP contribution in [0.15, 0.2) is 0 Å². The van der Waals surface area contributed by atoms with E-state index in [9.17, 15) is 4.79 Å². The first-order valence-corrected chi connectivity index (χ1v) is 6.10. The quantitative estimate of drug-likeness (QED) is 0.754. The third-order valence-corrected chi connectivity index (χ3v) is 3.66. The highest BCUT2D eigenvalue weighted by Gasteiger charge is 2.45. The van der Waals surface area contributed by atoms with Crippen molar-refractivity contribution in [3.05, 3.63) is 0 Å². The minimum atomic E-state index is -0.372. The number of hydrogen-bond donors (Lipinski definition) is 1.